The number of furan rings is 1. The maximum Gasteiger partial charge on any atom is 0.234 e. The topological polar surface area (TPSA) is 65.7 Å². The van der Waals surface area contributed by atoms with Gasteiger partial charge in [0.25, 0.3) is 0 Å². The first-order valence-corrected chi connectivity index (χ1v) is 8.47. The van der Waals surface area contributed by atoms with Gasteiger partial charge in [-0.3, -0.25) is 9.69 Å². The van der Waals surface area contributed by atoms with Gasteiger partial charge in [0, 0.05) is 0 Å². The fraction of sp³-hybridized carbons (Fsp3) is 0.421. The molecule has 0 bridgehead atoms. The number of benzene rings is 1. The summed E-state index contributed by atoms with van der Waals surface area (Å²) in [5.41, 5.74) is 0.979. The lowest BCUT2D eigenvalue weighted by Crippen LogP contribution is -2.42. The van der Waals surface area contributed by atoms with Crippen LogP contribution >= 0.6 is 0 Å². The van der Waals surface area contributed by atoms with E-state index in [-0.39, 0.29) is 11.8 Å². The van der Waals surface area contributed by atoms with Crippen molar-refractivity contribution >= 4 is 5.91 Å². The zero-order valence-corrected chi connectivity index (χ0v) is 13.7. The van der Waals surface area contributed by atoms with Gasteiger partial charge in [0.15, 0.2) is 0 Å². The molecule has 5 heteroatoms. The molecule has 1 fully saturated rings. The van der Waals surface area contributed by atoms with Crippen molar-refractivity contribution in [2.45, 2.75) is 25.5 Å². The van der Waals surface area contributed by atoms with Crippen molar-refractivity contribution in [2.75, 3.05) is 19.6 Å². The number of amides is 1. The van der Waals surface area contributed by atoms with Crippen LogP contribution in [-0.2, 0) is 11.3 Å². The Hall–Kier alpha value is -2.11. The van der Waals surface area contributed by atoms with Gasteiger partial charge in [-0.15, -0.1) is 0 Å². The minimum Gasteiger partial charge on any atom is -0.467 e. The summed E-state index contributed by atoms with van der Waals surface area (Å²) in [7, 11) is 0. The summed E-state index contributed by atoms with van der Waals surface area (Å²) >= 11 is 0. The molecule has 1 aliphatic heterocycles. The Morgan fingerprint density at radius 2 is 1.96 bits per heavy atom. The van der Waals surface area contributed by atoms with Gasteiger partial charge in [0.05, 0.1) is 25.5 Å². The smallest absolute Gasteiger partial charge is 0.234 e. The zero-order valence-electron chi connectivity index (χ0n) is 13.7. The summed E-state index contributed by atoms with van der Waals surface area (Å²) in [6.45, 7) is 2.50. The van der Waals surface area contributed by atoms with Crippen molar-refractivity contribution in [3.8, 4) is 0 Å². The van der Waals surface area contributed by atoms with Crippen molar-refractivity contribution in [1.29, 1.82) is 0 Å². The number of likely N-dealkylation sites (tertiary alicyclic amines) is 1. The number of carbonyl (C=O) groups excluding carboxylic acids is 1. The number of aliphatic hydroxyl groups excluding tert-OH is 1. The van der Waals surface area contributed by atoms with Gasteiger partial charge in [0.2, 0.25) is 5.91 Å². The third kappa shape index (κ3) is 4.46. The van der Waals surface area contributed by atoms with Gasteiger partial charge in [0.1, 0.15) is 5.76 Å². The van der Waals surface area contributed by atoms with Crippen LogP contribution in [-0.4, -0.2) is 35.5 Å². The number of hydrogen-bond donors (Lipinski definition) is 2. The van der Waals surface area contributed by atoms with Crippen molar-refractivity contribution in [2.24, 2.45) is 5.92 Å². The molecule has 0 spiro atoms. The lowest BCUT2D eigenvalue weighted by molar-refractivity contribution is -0.123. The largest absolute Gasteiger partial charge is 0.467 e. The molecule has 1 amide bonds. The van der Waals surface area contributed by atoms with Crippen LogP contribution < -0.4 is 5.32 Å². The monoisotopic (exact) mass is 328 g/mol. The molecule has 128 valence electrons. The van der Waals surface area contributed by atoms with Crippen LogP contribution in [0, 0.1) is 5.92 Å². The van der Waals surface area contributed by atoms with Crippen LogP contribution in [0.3, 0.4) is 0 Å². The Labute approximate surface area is 142 Å². The number of piperidine rings is 1. The molecule has 24 heavy (non-hydrogen) atoms. The lowest BCUT2D eigenvalue weighted by Gasteiger charge is -2.33. The Morgan fingerprint density at radius 3 is 2.62 bits per heavy atom. The van der Waals surface area contributed by atoms with Crippen molar-refractivity contribution in [3.05, 3.63) is 60.1 Å². The number of rotatable bonds is 6. The molecule has 0 radical (unpaired) electrons. The molecule has 0 aliphatic carbocycles. The van der Waals surface area contributed by atoms with Gasteiger partial charge in [-0.1, -0.05) is 30.3 Å². The SMILES string of the molecule is O=C(CN1CCC(C(O)c2ccccc2)CC1)NCc1ccco1. The van der Waals surface area contributed by atoms with E-state index in [1.54, 1.807) is 6.26 Å². The fourth-order valence-corrected chi connectivity index (χ4v) is 3.21. The predicted molar refractivity (Wildman–Crippen MR) is 91.1 cm³/mol. The highest BCUT2D eigenvalue weighted by Crippen LogP contribution is 2.30. The highest BCUT2D eigenvalue weighted by atomic mass is 16.3. The molecule has 1 atom stereocenters. The first-order chi connectivity index (χ1) is 11.7. The number of nitrogens with zero attached hydrogens (tertiary/aromatic N) is 1. The average molecular weight is 328 g/mol. The van der Waals surface area contributed by atoms with Crippen LogP contribution in [0.1, 0.15) is 30.3 Å². The van der Waals surface area contributed by atoms with Gasteiger partial charge in [-0.05, 0) is 49.5 Å². The van der Waals surface area contributed by atoms with Gasteiger partial charge >= 0.3 is 0 Å². The molecule has 2 heterocycles. The van der Waals surface area contributed by atoms with E-state index in [0.29, 0.717) is 13.1 Å². The van der Waals surface area contributed by atoms with E-state index in [0.717, 1.165) is 37.3 Å². The van der Waals surface area contributed by atoms with Crippen molar-refractivity contribution in [3.63, 3.8) is 0 Å². The Kier molecular flexibility index (Phi) is 5.67. The molecule has 1 aromatic carbocycles. The molecule has 2 N–H and O–H groups in total. The number of aliphatic hydroxyl groups is 1. The Morgan fingerprint density at radius 1 is 1.21 bits per heavy atom. The van der Waals surface area contributed by atoms with E-state index in [4.69, 9.17) is 4.42 Å². The minimum absolute atomic E-state index is 0.00783. The second-order valence-electron chi connectivity index (χ2n) is 6.33. The van der Waals surface area contributed by atoms with Gasteiger partial charge in [-0.2, -0.15) is 0 Å². The summed E-state index contributed by atoms with van der Waals surface area (Å²) in [5.74, 6) is 1.02. The molecule has 1 aromatic heterocycles. The van der Waals surface area contributed by atoms with Crippen LogP contribution in [0.15, 0.2) is 53.1 Å². The normalized spacial score (nSPS) is 17.5. The maximum atomic E-state index is 12.0. The van der Waals surface area contributed by atoms with Crippen molar-refractivity contribution in [1.82, 2.24) is 10.2 Å². The molecule has 0 saturated carbocycles. The molecule has 1 unspecified atom stereocenters. The predicted octanol–water partition coefficient (Wildman–Crippen LogP) is 2.34. The second-order valence-corrected chi connectivity index (χ2v) is 6.33. The van der Waals surface area contributed by atoms with Gasteiger partial charge < -0.3 is 14.8 Å². The lowest BCUT2D eigenvalue weighted by atomic mass is 9.87. The first kappa shape index (κ1) is 16.7. The third-order valence-electron chi connectivity index (χ3n) is 4.63. The van der Waals surface area contributed by atoms with Gasteiger partial charge in [-0.25, -0.2) is 0 Å². The van der Waals surface area contributed by atoms with Crippen LogP contribution in [0.5, 0.6) is 0 Å². The van der Waals surface area contributed by atoms with Crippen LogP contribution in [0.25, 0.3) is 0 Å². The number of carbonyl (C=O) groups is 1. The standard InChI is InChI=1S/C19H24N2O3/c22-18(20-13-17-7-4-12-24-17)14-21-10-8-16(9-11-21)19(23)15-5-2-1-3-6-15/h1-7,12,16,19,23H,8-11,13-14H2,(H,20,22). The highest BCUT2D eigenvalue weighted by Gasteiger charge is 2.26. The Balaban J connectivity index is 1.41. The summed E-state index contributed by atoms with van der Waals surface area (Å²) in [6.07, 6.45) is 2.99. The molecule has 2 aromatic rings. The van der Waals surface area contributed by atoms with Crippen LogP contribution in [0.4, 0.5) is 0 Å². The quantitative estimate of drug-likeness (QED) is 0.854. The molecular formula is C19H24N2O3. The second kappa shape index (κ2) is 8.13. The average Bonchev–Trinajstić information content (AvgIpc) is 3.14. The summed E-state index contributed by atoms with van der Waals surface area (Å²) < 4.78 is 5.20. The third-order valence-corrected chi connectivity index (χ3v) is 4.63. The summed E-state index contributed by atoms with van der Waals surface area (Å²) in [4.78, 5) is 14.1. The molecule has 1 aliphatic rings. The van der Waals surface area contributed by atoms with E-state index in [2.05, 4.69) is 10.2 Å². The summed E-state index contributed by atoms with van der Waals surface area (Å²) in [5, 5.41) is 13.4. The summed E-state index contributed by atoms with van der Waals surface area (Å²) in [6, 6.07) is 13.5. The number of hydrogen-bond acceptors (Lipinski definition) is 4. The first-order valence-electron chi connectivity index (χ1n) is 8.47. The van der Waals surface area contributed by atoms with E-state index in [1.165, 1.54) is 0 Å². The zero-order chi connectivity index (χ0) is 16.8. The molecule has 5 nitrogen and oxygen atoms in total. The fourth-order valence-electron chi connectivity index (χ4n) is 3.21. The Bertz CT molecular complexity index is 619. The molecule has 1 saturated heterocycles. The van der Waals surface area contributed by atoms with Crippen LogP contribution in [0.2, 0.25) is 0 Å². The number of nitrogens with one attached hydrogen (secondary N) is 1. The molecular weight excluding hydrogens is 304 g/mol. The van der Waals surface area contributed by atoms with E-state index in [1.807, 2.05) is 42.5 Å². The van der Waals surface area contributed by atoms with E-state index < -0.39 is 6.10 Å². The minimum atomic E-state index is -0.416. The van der Waals surface area contributed by atoms with E-state index >= 15 is 0 Å². The molecule has 3 rings (SSSR count). The maximum absolute atomic E-state index is 12.0. The van der Waals surface area contributed by atoms with E-state index in [9.17, 15) is 9.90 Å². The highest BCUT2D eigenvalue weighted by molar-refractivity contribution is 5.77. The van der Waals surface area contributed by atoms with Crippen molar-refractivity contribution < 1.29 is 14.3 Å².